The van der Waals surface area contributed by atoms with Crippen LogP contribution in [-0.4, -0.2) is 45.4 Å². The molecule has 0 amide bonds. The summed E-state index contributed by atoms with van der Waals surface area (Å²) in [5.74, 6) is 1.48. The van der Waals surface area contributed by atoms with Crippen molar-refractivity contribution < 1.29 is 17.6 Å². The van der Waals surface area contributed by atoms with E-state index in [1.54, 1.807) is 12.1 Å². The van der Waals surface area contributed by atoms with Gasteiger partial charge in [0.1, 0.15) is 11.5 Å². The first-order valence-corrected chi connectivity index (χ1v) is 11.9. The molecule has 2 aliphatic heterocycles. The van der Waals surface area contributed by atoms with Crippen LogP contribution in [0.3, 0.4) is 0 Å². The molecule has 2 fully saturated rings. The number of hydrogen-bond donors (Lipinski definition) is 1. The van der Waals surface area contributed by atoms with Crippen LogP contribution >= 0.6 is 0 Å². The summed E-state index contributed by atoms with van der Waals surface area (Å²) in [6.45, 7) is 2.80. The highest BCUT2D eigenvalue weighted by Crippen LogP contribution is 2.41. The fourth-order valence-corrected chi connectivity index (χ4v) is 5.70. The number of aromatic nitrogens is 4. The van der Waals surface area contributed by atoms with Gasteiger partial charge in [-0.2, -0.15) is 18.2 Å². The lowest BCUT2D eigenvalue weighted by Crippen LogP contribution is -2.48. The summed E-state index contributed by atoms with van der Waals surface area (Å²) in [5.41, 5.74) is 0.441. The number of anilines is 4. The second-order valence-electron chi connectivity index (χ2n) is 9.51. The molecule has 0 unspecified atom stereocenters. The van der Waals surface area contributed by atoms with Crippen molar-refractivity contribution in [2.45, 2.75) is 38.0 Å². The van der Waals surface area contributed by atoms with Crippen molar-refractivity contribution in [3.05, 3.63) is 54.1 Å². The normalized spacial score (nSPS) is 23.9. The summed E-state index contributed by atoms with van der Waals surface area (Å²) in [6, 6.07) is 9.40. The number of halogens is 4. The molecule has 184 valence electrons. The molecule has 2 aromatic heterocycles. The van der Waals surface area contributed by atoms with E-state index in [2.05, 4.69) is 15.4 Å². The van der Waals surface area contributed by atoms with E-state index < -0.39 is 11.9 Å². The standard InChI is InChI=1S/C24H25F4N7/c25-17-3-1-4-19(11-17)34-9-2-10-35-23(34)31-22(32-35)30-21-15-5-6-16(21)14-33(13-15)18-7-8-29-20(12-18)24(26,27)28/h1,3-4,7-8,11-12,15-16,21H,2,5-6,9-10,13-14H2,(H,30,32)/t15-,16-/m1/s1. The van der Waals surface area contributed by atoms with Crippen LogP contribution in [0.25, 0.3) is 0 Å². The molecule has 1 aliphatic carbocycles. The summed E-state index contributed by atoms with van der Waals surface area (Å²) in [7, 11) is 0. The summed E-state index contributed by atoms with van der Waals surface area (Å²) < 4.78 is 55.0. The van der Waals surface area contributed by atoms with E-state index >= 15 is 0 Å². The van der Waals surface area contributed by atoms with E-state index in [-0.39, 0.29) is 23.7 Å². The number of fused-ring (bicyclic) bond motifs is 3. The molecule has 1 saturated heterocycles. The lowest BCUT2D eigenvalue weighted by Gasteiger charge is -2.39. The average molecular weight is 488 g/mol. The van der Waals surface area contributed by atoms with Crippen LogP contribution in [0.5, 0.6) is 0 Å². The second kappa shape index (κ2) is 8.39. The Morgan fingerprint density at radius 2 is 1.77 bits per heavy atom. The van der Waals surface area contributed by atoms with Crippen molar-refractivity contribution in [2.24, 2.45) is 11.8 Å². The van der Waals surface area contributed by atoms with Crippen molar-refractivity contribution in [2.75, 3.05) is 34.8 Å². The largest absolute Gasteiger partial charge is 0.433 e. The summed E-state index contributed by atoms with van der Waals surface area (Å²) in [6.07, 6.45) is -0.353. The van der Waals surface area contributed by atoms with Gasteiger partial charge in [-0.1, -0.05) is 6.07 Å². The Hall–Kier alpha value is -3.37. The highest BCUT2D eigenvalue weighted by molar-refractivity contribution is 5.59. The maximum Gasteiger partial charge on any atom is 0.433 e. The van der Waals surface area contributed by atoms with E-state index in [0.717, 1.165) is 44.1 Å². The molecule has 1 N–H and O–H groups in total. The smallest absolute Gasteiger partial charge is 0.371 e. The molecule has 7 nitrogen and oxygen atoms in total. The topological polar surface area (TPSA) is 62.1 Å². The number of pyridine rings is 1. The minimum absolute atomic E-state index is 0.155. The van der Waals surface area contributed by atoms with Crippen molar-refractivity contribution in [1.29, 1.82) is 0 Å². The van der Waals surface area contributed by atoms with Gasteiger partial charge in [-0.15, -0.1) is 5.10 Å². The Morgan fingerprint density at radius 1 is 0.971 bits per heavy atom. The van der Waals surface area contributed by atoms with Gasteiger partial charge in [0.2, 0.25) is 11.9 Å². The fraction of sp³-hybridized carbons (Fsp3) is 0.458. The first-order chi connectivity index (χ1) is 16.8. The third-order valence-corrected chi connectivity index (χ3v) is 7.29. The van der Waals surface area contributed by atoms with E-state index in [0.29, 0.717) is 30.7 Å². The van der Waals surface area contributed by atoms with Gasteiger partial charge in [0, 0.05) is 49.8 Å². The molecule has 1 saturated carbocycles. The highest BCUT2D eigenvalue weighted by Gasteiger charge is 2.43. The minimum atomic E-state index is -4.46. The number of nitrogens with zero attached hydrogens (tertiary/aromatic N) is 6. The second-order valence-corrected chi connectivity index (χ2v) is 9.51. The predicted octanol–water partition coefficient (Wildman–Crippen LogP) is 4.70. The Morgan fingerprint density at radius 3 is 2.51 bits per heavy atom. The van der Waals surface area contributed by atoms with E-state index in [1.807, 2.05) is 20.5 Å². The quantitative estimate of drug-likeness (QED) is 0.539. The van der Waals surface area contributed by atoms with Gasteiger partial charge in [0.15, 0.2) is 0 Å². The van der Waals surface area contributed by atoms with E-state index in [4.69, 9.17) is 4.98 Å². The van der Waals surface area contributed by atoms with Crippen LogP contribution in [0, 0.1) is 17.7 Å². The zero-order chi connectivity index (χ0) is 24.2. The summed E-state index contributed by atoms with van der Waals surface area (Å²) in [4.78, 5) is 12.2. The summed E-state index contributed by atoms with van der Waals surface area (Å²) in [5, 5.41) is 8.20. The lowest BCUT2D eigenvalue weighted by atomic mass is 9.92. The van der Waals surface area contributed by atoms with Gasteiger partial charge in [-0.3, -0.25) is 4.98 Å². The molecule has 3 aliphatic rings. The number of alkyl halides is 3. The molecule has 0 spiro atoms. The Balaban J connectivity index is 1.19. The van der Waals surface area contributed by atoms with Crippen LogP contribution in [0.1, 0.15) is 25.0 Å². The SMILES string of the molecule is Fc1cccc(N2CCCn3nc(NC4[C@@H]5CC[C@@H]4CN(c4ccnc(C(F)(F)F)c4)C5)nc32)c1. The first-order valence-electron chi connectivity index (χ1n) is 11.9. The third kappa shape index (κ3) is 4.17. The Labute approximate surface area is 199 Å². The minimum Gasteiger partial charge on any atom is -0.371 e. The molecule has 3 aromatic rings. The van der Waals surface area contributed by atoms with Crippen LogP contribution in [0.15, 0.2) is 42.6 Å². The van der Waals surface area contributed by atoms with Crippen molar-refractivity contribution in [1.82, 2.24) is 19.7 Å². The van der Waals surface area contributed by atoms with Crippen LogP contribution in [0.4, 0.5) is 40.8 Å². The molecule has 1 aromatic carbocycles. The molecule has 4 heterocycles. The predicted molar refractivity (Wildman–Crippen MR) is 123 cm³/mol. The molecule has 6 rings (SSSR count). The average Bonchev–Trinajstić information content (AvgIpc) is 3.34. The zero-order valence-electron chi connectivity index (χ0n) is 18.9. The molecule has 2 bridgehead atoms. The molecule has 0 radical (unpaired) electrons. The van der Waals surface area contributed by atoms with Crippen LogP contribution in [-0.2, 0) is 12.7 Å². The van der Waals surface area contributed by atoms with Gasteiger partial charge in [-0.25, -0.2) is 9.07 Å². The maximum atomic E-state index is 13.8. The zero-order valence-corrected chi connectivity index (χ0v) is 18.9. The summed E-state index contributed by atoms with van der Waals surface area (Å²) >= 11 is 0. The number of benzene rings is 1. The van der Waals surface area contributed by atoms with E-state index in [1.165, 1.54) is 18.3 Å². The van der Waals surface area contributed by atoms with Gasteiger partial charge < -0.3 is 15.1 Å². The number of rotatable bonds is 4. The van der Waals surface area contributed by atoms with Gasteiger partial charge in [-0.05, 0) is 61.4 Å². The lowest BCUT2D eigenvalue weighted by molar-refractivity contribution is -0.141. The van der Waals surface area contributed by atoms with Crippen LogP contribution in [0.2, 0.25) is 0 Å². The number of aryl methyl sites for hydroxylation is 1. The molecule has 2 atom stereocenters. The van der Waals surface area contributed by atoms with Gasteiger partial charge >= 0.3 is 6.18 Å². The maximum absolute atomic E-state index is 13.8. The first kappa shape index (κ1) is 22.1. The van der Waals surface area contributed by atoms with E-state index in [9.17, 15) is 17.6 Å². The molecule has 11 heteroatoms. The molecular formula is C24H25F4N7. The fourth-order valence-electron chi connectivity index (χ4n) is 5.70. The Bertz CT molecular complexity index is 1210. The van der Waals surface area contributed by atoms with Gasteiger partial charge in [0.05, 0.1) is 0 Å². The number of piperidine rings is 1. The monoisotopic (exact) mass is 487 g/mol. The molecule has 35 heavy (non-hydrogen) atoms. The third-order valence-electron chi connectivity index (χ3n) is 7.29. The highest BCUT2D eigenvalue weighted by atomic mass is 19.4. The van der Waals surface area contributed by atoms with Crippen molar-refractivity contribution in [3.8, 4) is 0 Å². The number of hydrogen-bond acceptors (Lipinski definition) is 6. The van der Waals surface area contributed by atoms with Crippen LogP contribution < -0.4 is 15.1 Å². The van der Waals surface area contributed by atoms with Crippen molar-refractivity contribution in [3.63, 3.8) is 0 Å². The molecular weight excluding hydrogens is 462 g/mol. The van der Waals surface area contributed by atoms with Crippen molar-refractivity contribution >= 4 is 23.3 Å². The Kier molecular flexibility index (Phi) is 5.30. The van der Waals surface area contributed by atoms with Gasteiger partial charge in [0.25, 0.3) is 0 Å². The number of nitrogens with one attached hydrogen (secondary N) is 1.